The quantitative estimate of drug-likeness (QED) is 0.325. The summed E-state index contributed by atoms with van der Waals surface area (Å²) in [6, 6.07) is 12.0. The molecule has 0 atom stereocenters. The van der Waals surface area contributed by atoms with Crippen LogP contribution in [0.15, 0.2) is 52.1 Å². The lowest BCUT2D eigenvalue weighted by atomic mass is 10.1. The van der Waals surface area contributed by atoms with Crippen molar-refractivity contribution < 1.29 is 18.9 Å². The molecule has 0 saturated heterocycles. The Hall–Kier alpha value is -3.10. The van der Waals surface area contributed by atoms with Crippen LogP contribution in [0.1, 0.15) is 25.3 Å². The van der Waals surface area contributed by atoms with E-state index in [1.807, 2.05) is 13.8 Å². The van der Waals surface area contributed by atoms with E-state index in [9.17, 15) is 4.79 Å². The lowest BCUT2D eigenvalue weighted by molar-refractivity contribution is 0.153. The number of benzene rings is 2. The smallest absolute Gasteiger partial charge is 0.433 e. The average Bonchev–Trinajstić information content (AvgIpc) is 3.18. The van der Waals surface area contributed by atoms with Crippen LogP contribution in [0.3, 0.4) is 0 Å². The van der Waals surface area contributed by atoms with Gasteiger partial charge in [0.05, 0.1) is 21.7 Å². The zero-order valence-corrected chi connectivity index (χ0v) is 17.9. The second-order valence-corrected chi connectivity index (χ2v) is 7.09. The van der Waals surface area contributed by atoms with Gasteiger partial charge in [-0.2, -0.15) is 4.98 Å². The molecule has 10 heteroatoms. The maximum absolute atomic E-state index is 11.5. The Labute approximate surface area is 182 Å². The largest absolute Gasteiger partial charge is 0.491 e. The Bertz CT molecular complexity index is 1040. The first-order chi connectivity index (χ1) is 14.4. The Balaban J connectivity index is 2.00. The number of halogens is 2. The number of nitrogens with zero attached hydrogens (tertiary/aromatic N) is 3. The van der Waals surface area contributed by atoms with Gasteiger partial charge in [0.2, 0.25) is 5.82 Å². The molecule has 0 aliphatic heterocycles. The van der Waals surface area contributed by atoms with Gasteiger partial charge in [-0.15, -0.1) is 0 Å². The normalized spacial score (nSPS) is 11.5. The molecule has 0 bridgehead atoms. The Morgan fingerprint density at radius 3 is 2.40 bits per heavy atom. The third kappa shape index (κ3) is 5.08. The fraction of sp³-hybridized carbons (Fsp3) is 0.200. The van der Waals surface area contributed by atoms with Crippen molar-refractivity contribution in [2.24, 2.45) is 5.16 Å². The minimum atomic E-state index is -0.749. The monoisotopic (exact) mass is 448 g/mol. The fourth-order valence-electron chi connectivity index (χ4n) is 2.44. The van der Waals surface area contributed by atoms with Crippen molar-refractivity contribution in [1.82, 2.24) is 15.5 Å². The number of ether oxygens (including phenoxy) is 1. The SMILES string of the molecule is CNC(=O)ON=C(c1ccc(OC(C)C)cc1)c1nc(-c2c(Cl)cccc2Cl)no1. The standard InChI is InChI=1S/C20H18Cl2N4O4/c1-11(2)28-13-9-7-12(8-10-13)17(25-30-20(27)23-3)19-24-18(26-29-19)16-14(21)5-4-6-15(16)22/h4-11H,1-3H3,(H,23,27). The van der Waals surface area contributed by atoms with Crippen molar-refractivity contribution in [3.63, 3.8) is 0 Å². The summed E-state index contributed by atoms with van der Waals surface area (Å²) in [4.78, 5) is 20.7. The number of hydrogen-bond acceptors (Lipinski definition) is 7. The van der Waals surface area contributed by atoms with E-state index >= 15 is 0 Å². The minimum Gasteiger partial charge on any atom is -0.491 e. The zero-order chi connectivity index (χ0) is 21.7. The van der Waals surface area contributed by atoms with E-state index in [0.717, 1.165) is 0 Å². The van der Waals surface area contributed by atoms with Gasteiger partial charge in [-0.25, -0.2) is 4.79 Å². The summed E-state index contributed by atoms with van der Waals surface area (Å²) in [5, 5.41) is 10.9. The molecule has 3 rings (SSSR count). The Morgan fingerprint density at radius 1 is 1.13 bits per heavy atom. The van der Waals surface area contributed by atoms with Crippen LogP contribution in [-0.4, -0.2) is 35.1 Å². The highest BCUT2D eigenvalue weighted by atomic mass is 35.5. The molecule has 3 aromatic rings. The molecule has 1 amide bonds. The zero-order valence-electron chi connectivity index (χ0n) is 16.3. The van der Waals surface area contributed by atoms with Gasteiger partial charge < -0.3 is 14.6 Å². The molecule has 30 heavy (non-hydrogen) atoms. The molecule has 8 nitrogen and oxygen atoms in total. The lowest BCUT2D eigenvalue weighted by Crippen LogP contribution is -2.18. The van der Waals surface area contributed by atoms with Crippen LogP contribution in [0.4, 0.5) is 4.79 Å². The molecular weight excluding hydrogens is 431 g/mol. The average molecular weight is 449 g/mol. The van der Waals surface area contributed by atoms with Crippen molar-refractivity contribution in [2.45, 2.75) is 20.0 Å². The van der Waals surface area contributed by atoms with E-state index in [0.29, 0.717) is 26.9 Å². The second kappa shape index (κ2) is 9.60. The molecule has 156 valence electrons. The molecule has 1 heterocycles. The van der Waals surface area contributed by atoms with Crippen LogP contribution in [0.2, 0.25) is 10.0 Å². The third-order valence-corrected chi connectivity index (χ3v) is 4.37. The van der Waals surface area contributed by atoms with Crippen LogP contribution < -0.4 is 10.1 Å². The molecule has 2 aromatic carbocycles. The van der Waals surface area contributed by atoms with Gasteiger partial charge in [-0.1, -0.05) is 39.6 Å². The molecule has 0 aliphatic carbocycles. The van der Waals surface area contributed by atoms with Gasteiger partial charge in [0.15, 0.2) is 5.71 Å². The molecule has 0 unspecified atom stereocenters. The molecule has 0 radical (unpaired) electrons. The number of amides is 1. The summed E-state index contributed by atoms with van der Waals surface area (Å²) in [5.74, 6) is 0.866. The van der Waals surface area contributed by atoms with Gasteiger partial charge in [-0.05, 0) is 50.2 Å². The van der Waals surface area contributed by atoms with Gasteiger partial charge in [0.1, 0.15) is 5.75 Å². The summed E-state index contributed by atoms with van der Waals surface area (Å²) in [7, 11) is 1.42. The maximum Gasteiger partial charge on any atom is 0.433 e. The molecule has 1 N–H and O–H groups in total. The summed E-state index contributed by atoms with van der Waals surface area (Å²) in [5.41, 5.74) is 1.13. The predicted molar refractivity (Wildman–Crippen MR) is 113 cm³/mol. The molecule has 1 aromatic heterocycles. The number of hydrogen-bond donors (Lipinski definition) is 1. The molecule has 0 saturated carbocycles. The highest BCUT2D eigenvalue weighted by Gasteiger charge is 2.21. The Kier molecular flexibility index (Phi) is 6.91. The van der Waals surface area contributed by atoms with Crippen LogP contribution in [0.5, 0.6) is 5.75 Å². The summed E-state index contributed by atoms with van der Waals surface area (Å²) >= 11 is 12.4. The van der Waals surface area contributed by atoms with Gasteiger partial charge in [-0.3, -0.25) is 4.84 Å². The number of aromatic nitrogens is 2. The van der Waals surface area contributed by atoms with Gasteiger partial charge in [0, 0.05) is 12.6 Å². The van der Waals surface area contributed by atoms with E-state index in [2.05, 4.69) is 20.6 Å². The van der Waals surface area contributed by atoms with Crippen molar-refractivity contribution >= 4 is 35.0 Å². The first-order valence-corrected chi connectivity index (χ1v) is 9.67. The van der Waals surface area contributed by atoms with Crippen molar-refractivity contribution in [1.29, 1.82) is 0 Å². The van der Waals surface area contributed by atoms with Crippen LogP contribution >= 0.6 is 23.2 Å². The fourth-order valence-corrected chi connectivity index (χ4v) is 3.01. The van der Waals surface area contributed by atoms with Crippen molar-refractivity contribution in [3.8, 4) is 17.1 Å². The highest BCUT2D eigenvalue weighted by molar-refractivity contribution is 6.39. The van der Waals surface area contributed by atoms with Gasteiger partial charge >= 0.3 is 6.09 Å². The van der Waals surface area contributed by atoms with E-state index in [4.69, 9.17) is 37.3 Å². The van der Waals surface area contributed by atoms with Crippen LogP contribution in [-0.2, 0) is 4.84 Å². The van der Waals surface area contributed by atoms with Gasteiger partial charge in [0.25, 0.3) is 5.89 Å². The minimum absolute atomic E-state index is 0.0161. The number of rotatable bonds is 6. The molecule has 0 spiro atoms. The van der Waals surface area contributed by atoms with Crippen molar-refractivity contribution in [2.75, 3.05) is 7.05 Å². The molecule has 0 fully saturated rings. The third-order valence-electron chi connectivity index (χ3n) is 3.74. The topological polar surface area (TPSA) is 98.8 Å². The summed E-state index contributed by atoms with van der Waals surface area (Å²) in [6.07, 6.45) is -0.722. The predicted octanol–water partition coefficient (Wildman–Crippen LogP) is 4.94. The second-order valence-electron chi connectivity index (χ2n) is 6.28. The van der Waals surface area contributed by atoms with E-state index in [-0.39, 0.29) is 23.5 Å². The van der Waals surface area contributed by atoms with E-state index in [1.165, 1.54) is 7.05 Å². The highest BCUT2D eigenvalue weighted by Crippen LogP contribution is 2.32. The number of carbonyl (C=O) groups excluding carboxylic acids is 1. The molecular formula is C20H18Cl2N4O4. The van der Waals surface area contributed by atoms with Crippen molar-refractivity contribution in [3.05, 3.63) is 64.0 Å². The maximum atomic E-state index is 11.5. The first kappa shape index (κ1) is 21.6. The molecule has 0 aliphatic rings. The number of carbonyl (C=O) groups is 1. The van der Waals surface area contributed by atoms with E-state index in [1.54, 1.807) is 42.5 Å². The first-order valence-electron chi connectivity index (χ1n) is 8.91. The Morgan fingerprint density at radius 2 is 1.80 bits per heavy atom. The number of oxime groups is 1. The van der Waals surface area contributed by atoms with Crippen LogP contribution in [0, 0.1) is 0 Å². The number of nitrogens with one attached hydrogen (secondary N) is 1. The summed E-state index contributed by atoms with van der Waals surface area (Å²) < 4.78 is 11.0. The summed E-state index contributed by atoms with van der Waals surface area (Å²) in [6.45, 7) is 3.86. The van der Waals surface area contributed by atoms with E-state index < -0.39 is 6.09 Å². The van der Waals surface area contributed by atoms with Crippen LogP contribution in [0.25, 0.3) is 11.4 Å². The lowest BCUT2D eigenvalue weighted by Gasteiger charge is -2.10.